The van der Waals surface area contributed by atoms with Crippen molar-refractivity contribution in [2.75, 3.05) is 12.8 Å². The lowest BCUT2D eigenvalue weighted by Gasteiger charge is -2.00. The third-order valence-electron chi connectivity index (χ3n) is 2.53. The summed E-state index contributed by atoms with van der Waals surface area (Å²) in [6.07, 6.45) is 0. The Morgan fingerprint density at radius 3 is 2.84 bits per heavy atom. The van der Waals surface area contributed by atoms with Crippen LogP contribution < -0.4 is 10.5 Å². The quantitative estimate of drug-likeness (QED) is 0.774. The number of hydrogen-bond acceptors (Lipinski definition) is 6. The van der Waals surface area contributed by atoms with E-state index in [1.807, 2.05) is 12.1 Å². The number of halogens is 1. The van der Waals surface area contributed by atoms with E-state index in [9.17, 15) is 0 Å². The van der Waals surface area contributed by atoms with Gasteiger partial charge in [-0.2, -0.15) is 15.0 Å². The molecule has 3 aromatic rings. The van der Waals surface area contributed by atoms with Gasteiger partial charge in [-0.1, -0.05) is 23.7 Å². The number of nitrogen functional groups attached to an aromatic ring is 1. The van der Waals surface area contributed by atoms with Crippen LogP contribution in [-0.4, -0.2) is 22.1 Å². The van der Waals surface area contributed by atoms with Crippen LogP contribution in [0.3, 0.4) is 0 Å². The van der Waals surface area contributed by atoms with E-state index in [4.69, 9.17) is 26.5 Å². The molecule has 0 atom stereocenters. The van der Waals surface area contributed by atoms with E-state index in [1.165, 1.54) is 7.11 Å². The molecule has 2 heterocycles. The molecule has 0 spiro atoms. The predicted molar refractivity (Wildman–Crippen MR) is 71.0 cm³/mol. The fourth-order valence-corrected chi connectivity index (χ4v) is 1.93. The molecule has 96 valence electrons. The van der Waals surface area contributed by atoms with Crippen LogP contribution in [0.2, 0.25) is 5.02 Å². The first-order valence-electron chi connectivity index (χ1n) is 5.41. The SMILES string of the molecule is COc1nc(N)nc(-c2cc3cccc(Cl)c3o2)n1. The van der Waals surface area contributed by atoms with Crippen LogP contribution in [0.15, 0.2) is 28.7 Å². The highest BCUT2D eigenvalue weighted by Gasteiger charge is 2.13. The van der Waals surface area contributed by atoms with Gasteiger partial charge in [-0.3, -0.25) is 0 Å². The number of benzene rings is 1. The number of fused-ring (bicyclic) bond motifs is 1. The molecule has 0 bridgehead atoms. The standard InChI is InChI=1S/C12H9ClN4O2/c1-18-12-16-10(15-11(14)17-12)8-5-6-3-2-4-7(13)9(6)19-8/h2-5H,1H3,(H2,14,15,16,17). The average molecular weight is 277 g/mol. The van der Waals surface area contributed by atoms with Gasteiger partial charge in [0.15, 0.2) is 11.3 Å². The van der Waals surface area contributed by atoms with E-state index in [0.29, 0.717) is 22.2 Å². The highest BCUT2D eigenvalue weighted by Crippen LogP contribution is 2.30. The number of para-hydroxylation sites is 1. The number of ether oxygens (including phenoxy) is 1. The summed E-state index contributed by atoms with van der Waals surface area (Å²) < 4.78 is 10.6. The van der Waals surface area contributed by atoms with E-state index >= 15 is 0 Å². The molecule has 7 heteroatoms. The minimum Gasteiger partial charge on any atom is -0.467 e. The molecule has 0 aliphatic heterocycles. The van der Waals surface area contributed by atoms with Gasteiger partial charge in [-0.25, -0.2) is 0 Å². The van der Waals surface area contributed by atoms with Gasteiger partial charge < -0.3 is 14.9 Å². The fraction of sp³-hybridized carbons (Fsp3) is 0.0833. The molecule has 0 radical (unpaired) electrons. The maximum absolute atomic E-state index is 6.05. The summed E-state index contributed by atoms with van der Waals surface area (Å²) in [6.45, 7) is 0. The Morgan fingerprint density at radius 1 is 1.26 bits per heavy atom. The zero-order valence-electron chi connectivity index (χ0n) is 9.92. The van der Waals surface area contributed by atoms with Gasteiger partial charge >= 0.3 is 6.01 Å². The molecule has 0 saturated carbocycles. The normalized spacial score (nSPS) is 10.8. The molecule has 6 nitrogen and oxygen atoms in total. The van der Waals surface area contributed by atoms with E-state index in [0.717, 1.165) is 5.39 Å². The van der Waals surface area contributed by atoms with Crippen molar-refractivity contribution in [3.05, 3.63) is 29.3 Å². The Kier molecular flexibility index (Phi) is 2.72. The molecule has 2 aromatic heterocycles. The molecule has 3 rings (SSSR count). The van der Waals surface area contributed by atoms with Crippen molar-refractivity contribution in [1.82, 2.24) is 15.0 Å². The monoisotopic (exact) mass is 276 g/mol. The minimum atomic E-state index is 0.0633. The Morgan fingerprint density at radius 2 is 2.11 bits per heavy atom. The molecular formula is C12H9ClN4O2. The molecule has 2 N–H and O–H groups in total. The Labute approximate surface area is 113 Å². The first-order chi connectivity index (χ1) is 9.17. The number of nitrogens with two attached hydrogens (primary N) is 1. The van der Waals surface area contributed by atoms with Crippen molar-refractivity contribution in [3.8, 4) is 17.6 Å². The number of nitrogens with zero attached hydrogens (tertiary/aromatic N) is 3. The number of rotatable bonds is 2. The number of hydrogen-bond donors (Lipinski definition) is 1. The summed E-state index contributed by atoms with van der Waals surface area (Å²) in [6, 6.07) is 7.39. The minimum absolute atomic E-state index is 0.0633. The largest absolute Gasteiger partial charge is 0.467 e. The highest BCUT2D eigenvalue weighted by atomic mass is 35.5. The van der Waals surface area contributed by atoms with Gasteiger partial charge in [-0.15, -0.1) is 0 Å². The molecule has 0 aliphatic rings. The van der Waals surface area contributed by atoms with Gasteiger partial charge in [0, 0.05) is 5.39 Å². The molecule has 0 aliphatic carbocycles. The summed E-state index contributed by atoms with van der Waals surface area (Å²) in [5.41, 5.74) is 6.17. The lowest BCUT2D eigenvalue weighted by molar-refractivity contribution is 0.379. The molecule has 19 heavy (non-hydrogen) atoms. The van der Waals surface area contributed by atoms with Crippen LogP contribution in [0.25, 0.3) is 22.6 Å². The van der Waals surface area contributed by atoms with Crippen molar-refractivity contribution in [3.63, 3.8) is 0 Å². The van der Waals surface area contributed by atoms with E-state index in [-0.39, 0.29) is 12.0 Å². The average Bonchev–Trinajstić information content (AvgIpc) is 2.83. The van der Waals surface area contributed by atoms with Crippen LogP contribution in [0.1, 0.15) is 0 Å². The van der Waals surface area contributed by atoms with Gasteiger partial charge in [0.1, 0.15) is 0 Å². The summed E-state index contributed by atoms with van der Waals surface area (Å²) in [4.78, 5) is 11.9. The van der Waals surface area contributed by atoms with Gasteiger partial charge in [0.25, 0.3) is 0 Å². The van der Waals surface area contributed by atoms with Crippen LogP contribution in [0, 0.1) is 0 Å². The zero-order chi connectivity index (χ0) is 13.4. The third-order valence-corrected chi connectivity index (χ3v) is 2.83. The van der Waals surface area contributed by atoms with Crippen molar-refractivity contribution in [1.29, 1.82) is 0 Å². The summed E-state index contributed by atoms with van der Waals surface area (Å²) in [5, 5.41) is 1.39. The summed E-state index contributed by atoms with van der Waals surface area (Å²) in [7, 11) is 1.45. The fourth-order valence-electron chi connectivity index (χ4n) is 1.71. The Hall–Kier alpha value is -2.34. The number of methoxy groups -OCH3 is 1. The van der Waals surface area contributed by atoms with E-state index in [2.05, 4.69) is 15.0 Å². The van der Waals surface area contributed by atoms with E-state index < -0.39 is 0 Å². The lowest BCUT2D eigenvalue weighted by Crippen LogP contribution is -2.02. The van der Waals surface area contributed by atoms with Gasteiger partial charge in [-0.05, 0) is 12.1 Å². The summed E-state index contributed by atoms with van der Waals surface area (Å²) >= 11 is 6.05. The number of anilines is 1. The Bertz CT molecular complexity index is 757. The number of aromatic nitrogens is 3. The van der Waals surface area contributed by atoms with Crippen LogP contribution >= 0.6 is 11.6 Å². The second kappa shape index (κ2) is 4.40. The molecule has 1 aromatic carbocycles. The Balaban J connectivity index is 2.19. The van der Waals surface area contributed by atoms with Gasteiger partial charge in [0.2, 0.25) is 11.8 Å². The second-order valence-corrected chi connectivity index (χ2v) is 4.18. The first-order valence-corrected chi connectivity index (χ1v) is 5.79. The topological polar surface area (TPSA) is 87.1 Å². The maximum Gasteiger partial charge on any atom is 0.321 e. The predicted octanol–water partition coefficient (Wildman–Crippen LogP) is 2.53. The van der Waals surface area contributed by atoms with Crippen LogP contribution in [0.4, 0.5) is 5.95 Å². The van der Waals surface area contributed by atoms with Crippen LogP contribution in [-0.2, 0) is 0 Å². The molecular weight excluding hydrogens is 268 g/mol. The summed E-state index contributed by atoms with van der Waals surface area (Å²) in [5.74, 6) is 0.820. The molecule has 0 unspecified atom stereocenters. The van der Waals surface area contributed by atoms with Crippen molar-refractivity contribution < 1.29 is 9.15 Å². The smallest absolute Gasteiger partial charge is 0.321 e. The van der Waals surface area contributed by atoms with Crippen molar-refractivity contribution in [2.45, 2.75) is 0 Å². The second-order valence-electron chi connectivity index (χ2n) is 3.77. The highest BCUT2D eigenvalue weighted by molar-refractivity contribution is 6.34. The zero-order valence-corrected chi connectivity index (χ0v) is 10.7. The maximum atomic E-state index is 6.05. The van der Waals surface area contributed by atoms with Crippen molar-refractivity contribution in [2.24, 2.45) is 0 Å². The third kappa shape index (κ3) is 2.06. The van der Waals surface area contributed by atoms with Crippen LogP contribution in [0.5, 0.6) is 6.01 Å². The van der Waals surface area contributed by atoms with E-state index in [1.54, 1.807) is 12.1 Å². The van der Waals surface area contributed by atoms with Gasteiger partial charge in [0.05, 0.1) is 12.1 Å². The number of furan rings is 1. The molecule has 0 amide bonds. The molecule has 0 saturated heterocycles. The van der Waals surface area contributed by atoms with Crippen molar-refractivity contribution >= 4 is 28.5 Å². The first kappa shape index (κ1) is 11.7. The molecule has 0 fully saturated rings. The lowest BCUT2D eigenvalue weighted by atomic mass is 10.2.